The van der Waals surface area contributed by atoms with Crippen LogP contribution in [0.2, 0.25) is 0 Å². The van der Waals surface area contributed by atoms with Gasteiger partial charge in [0, 0.05) is 12.2 Å². The van der Waals surface area contributed by atoms with Crippen molar-refractivity contribution in [3.05, 3.63) is 47.3 Å². The maximum atomic E-state index is 12.6. The van der Waals surface area contributed by atoms with Crippen LogP contribution in [0.25, 0.3) is 0 Å². The maximum Gasteiger partial charge on any atom is 0.416 e. The van der Waals surface area contributed by atoms with Gasteiger partial charge in [0.1, 0.15) is 11.3 Å². The van der Waals surface area contributed by atoms with E-state index in [0.717, 1.165) is 18.3 Å². The van der Waals surface area contributed by atoms with Gasteiger partial charge in [-0.25, -0.2) is 4.79 Å². The number of aromatic nitrogens is 2. The van der Waals surface area contributed by atoms with Gasteiger partial charge in [-0.2, -0.15) is 18.3 Å². The third-order valence-corrected chi connectivity index (χ3v) is 3.56. The Kier molecular flexibility index (Phi) is 3.35. The van der Waals surface area contributed by atoms with Gasteiger partial charge >= 0.3 is 12.1 Å². The molecule has 0 saturated carbocycles. The zero-order valence-corrected chi connectivity index (χ0v) is 11.5. The van der Waals surface area contributed by atoms with Gasteiger partial charge < -0.3 is 10.0 Å². The molecule has 1 amide bonds. The third kappa shape index (κ3) is 2.54. The number of carboxylic acids is 1. The van der Waals surface area contributed by atoms with Gasteiger partial charge in [0.2, 0.25) is 0 Å². The number of alkyl halides is 3. The molecule has 23 heavy (non-hydrogen) atoms. The molecule has 0 bridgehead atoms. The first-order valence-electron chi connectivity index (χ1n) is 6.57. The quantitative estimate of drug-likeness (QED) is 0.919. The number of hydrogen-bond donors (Lipinski definition) is 1. The van der Waals surface area contributed by atoms with Crippen molar-refractivity contribution in [1.29, 1.82) is 0 Å². The van der Waals surface area contributed by atoms with E-state index in [1.165, 1.54) is 21.7 Å². The fraction of sp³-hybridized carbons (Fsp3) is 0.214. The molecule has 120 valence electrons. The molecule has 0 aliphatic carbocycles. The predicted molar refractivity (Wildman–Crippen MR) is 72.3 cm³/mol. The fourth-order valence-electron chi connectivity index (χ4n) is 2.44. The summed E-state index contributed by atoms with van der Waals surface area (Å²) in [6.45, 7) is 0.452. The largest absolute Gasteiger partial charge is 0.478 e. The fourth-order valence-corrected chi connectivity index (χ4v) is 2.44. The molecule has 0 saturated heterocycles. The first-order valence-corrected chi connectivity index (χ1v) is 6.57. The molecular weight excluding hydrogens is 315 g/mol. The third-order valence-electron chi connectivity index (χ3n) is 3.56. The SMILES string of the molecule is O=C(O)c1cnn2c1C(=O)N(c1ccc(C(F)(F)F)cc1)CC2. The number of benzene rings is 1. The van der Waals surface area contributed by atoms with Gasteiger partial charge in [-0.3, -0.25) is 9.48 Å². The van der Waals surface area contributed by atoms with Crippen LogP contribution in [0, 0.1) is 0 Å². The lowest BCUT2D eigenvalue weighted by Gasteiger charge is -2.28. The Hall–Kier alpha value is -2.84. The van der Waals surface area contributed by atoms with Crippen molar-refractivity contribution in [3.8, 4) is 0 Å². The number of rotatable bonds is 2. The van der Waals surface area contributed by atoms with Gasteiger partial charge in [-0.15, -0.1) is 0 Å². The lowest BCUT2D eigenvalue weighted by atomic mass is 10.1. The number of nitrogens with zero attached hydrogens (tertiary/aromatic N) is 3. The van der Waals surface area contributed by atoms with Crippen molar-refractivity contribution in [2.75, 3.05) is 11.4 Å². The van der Waals surface area contributed by atoms with Crippen LogP contribution >= 0.6 is 0 Å². The van der Waals surface area contributed by atoms with Crippen LogP contribution < -0.4 is 4.90 Å². The number of carboxylic acid groups (broad SMARTS) is 1. The molecular formula is C14H10F3N3O3. The van der Waals surface area contributed by atoms with Crippen molar-refractivity contribution < 1.29 is 27.9 Å². The molecule has 0 spiro atoms. The van der Waals surface area contributed by atoms with E-state index in [9.17, 15) is 22.8 Å². The predicted octanol–water partition coefficient (Wildman–Crippen LogP) is 2.26. The zero-order chi connectivity index (χ0) is 16.8. The highest BCUT2D eigenvalue weighted by Crippen LogP contribution is 2.31. The van der Waals surface area contributed by atoms with Crippen LogP contribution in [0.5, 0.6) is 0 Å². The Morgan fingerprint density at radius 3 is 2.39 bits per heavy atom. The first kappa shape index (κ1) is 15.1. The van der Waals surface area contributed by atoms with Crippen LogP contribution in [-0.2, 0) is 12.7 Å². The van der Waals surface area contributed by atoms with Crippen LogP contribution in [0.1, 0.15) is 26.4 Å². The first-order chi connectivity index (χ1) is 10.8. The lowest BCUT2D eigenvalue weighted by Crippen LogP contribution is -2.41. The number of aromatic carboxylic acids is 1. The molecule has 0 unspecified atom stereocenters. The second kappa shape index (κ2) is 5.11. The second-order valence-electron chi connectivity index (χ2n) is 4.94. The number of anilines is 1. The second-order valence-corrected chi connectivity index (χ2v) is 4.94. The van der Waals surface area contributed by atoms with Crippen molar-refractivity contribution >= 4 is 17.6 Å². The van der Waals surface area contributed by atoms with Crippen LogP contribution in [-0.4, -0.2) is 33.3 Å². The molecule has 0 fully saturated rings. The molecule has 1 N–H and O–H groups in total. The Labute approximate surface area is 127 Å². The summed E-state index contributed by atoms with van der Waals surface area (Å²) in [7, 11) is 0. The standard InChI is InChI=1S/C14H10F3N3O3/c15-14(16,17)8-1-3-9(4-2-8)19-5-6-20-11(12(19)21)10(7-18-20)13(22)23/h1-4,7H,5-6H2,(H,22,23). The highest BCUT2D eigenvalue weighted by molar-refractivity contribution is 6.11. The molecule has 1 aliphatic rings. The summed E-state index contributed by atoms with van der Waals surface area (Å²) in [6, 6.07) is 4.14. The van der Waals surface area contributed by atoms with E-state index in [-0.39, 0.29) is 30.0 Å². The number of hydrogen-bond acceptors (Lipinski definition) is 3. The van der Waals surface area contributed by atoms with Gasteiger partial charge in [0.05, 0.1) is 18.3 Å². The van der Waals surface area contributed by atoms with Crippen molar-refractivity contribution in [2.24, 2.45) is 0 Å². The maximum absolute atomic E-state index is 12.6. The number of amides is 1. The van der Waals surface area contributed by atoms with Gasteiger partial charge in [0.25, 0.3) is 5.91 Å². The summed E-state index contributed by atoms with van der Waals surface area (Å²) in [5.41, 5.74) is -0.857. The minimum atomic E-state index is -4.46. The van der Waals surface area contributed by atoms with E-state index in [0.29, 0.717) is 0 Å². The van der Waals surface area contributed by atoms with E-state index in [1.54, 1.807) is 0 Å². The van der Waals surface area contributed by atoms with Gasteiger partial charge in [-0.05, 0) is 24.3 Å². The van der Waals surface area contributed by atoms with E-state index in [2.05, 4.69) is 5.10 Å². The average molecular weight is 325 g/mol. The van der Waals surface area contributed by atoms with Crippen molar-refractivity contribution in [3.63, 3.8) is 0 Å². The summed E-state index contributed by atoms with van der Waals surface area (Å²) in [5.74, 6) is -1.89. The monoisotopic (exact) mass is 325 g/mol. The molecule has 6 nitrogen and oxygen atoms in total. The van der Waals surface area contributed by atoms with Crippen molar-refractivity contribution in [1.82, 2.24) is 9.78 Å². The van der Waals surface area contributed by atoms with Crippen LogP contribution in [0.4, 0.5) is 18.9 Å². The average Bonchev–Trinajstić information content (AvgIpc) is 2.92. The normalized spacial score (nSPS) is 14.7. The van der Waals surface area contributed by atoms with E-state index in [1.807, 2.05) is 0 Å². The lowest BCUT2D eigenvalue weighted by molar-refractivity contribution is -0.137. The van der Waals surface area contributed by atoms with Gasteiger partial charge in [-0.1, -0.05) is 0 Å². The molecule has 3 rings (SSSR count). The Morgan fingerprint density at radius 1 is 1.17 bits per heavy atom. The number of fused-ring (bicyclic) bond motifs is 1. The molecule has 2 aromatic rings. The summed E-state index contributed by atoms with van der Waals surface area (Å²) in [6.07, 6.45) is -3.37. The smallest absolute Gasteiger partial charge is 0.416 e. The Bertz CT molecular complexity index is 781. The van der Waals surface area contributed by atoms with E-state index in [4.69, 9.17) is 5.11 Å². The zero-order valence-electron chi connectivity index (χ0n) is 11.5. The molecule has 2 heterocycles. The summed E-state index contributed by atoms with van der Waals surface area (Å²) in [5, 5.41) is 12.9. The molecule has 1 aromatic carbocycles. The van der Waals surface area contributed by atoms with E-state index < -0.39 is 23.6 Å². The Balaban J connectivity index is 1.95. The van der Waals surface area contributed by atoms with Crippen LogP contribution in [0.3, 0.4) is 0 Å². The summed E-state index contributed by atoms with van der Waals surface area (Å²) in [4.78, 5) is 24.8. The highest BCUT2D eigenvalue weighted by atomic mass is 19.4. The molecule has 9 heteroatoms. The summed E-state index contributed by atoms with van der Waals surface area (Å²) >= 11 is 0. The van der Waals surface area contributed by atoms with Crippen LogP contribution in [0.15, 0.2) is 30.5 Å². The highest BCUT2D eigenvalue weighted by Gasteiger charge is 2.33. The van der Waals surface area contributed by atoms with E-state index >= 15 is 0 Å². The Morgan fingerprint density at radius 2 is 1.83 bits per heavy atom. The number of carbonyl (C=O) groups excluding carboxylic acids is 1. The van der Waals surface area contributed by atoms with Gasteiger partial charge in [0.15, 0.2) is 0 Å². The number of carbonyl (C=O) groups is 2. The molecule has 1 aliphatic heterocycles. The molecule has 0 atom stereocenters. The molecule has 1 aromatic heterocycles. The topological polar surface area (TPSA) is 75.4 Å². The number of halogens is 3. The minimum absolute atomic E-state index is 0.0800. The van der Waals surface area contributed by atoms with Crippen molar-refractivity contribution in [2.45, 2.75) is 12.7 Å². The molecule has 0 radical (unpaired) electrons. The minimum Gasteiger partial charge on any atom is -0.478 e. The summed E-state index contributed by atoms with van der Waals surface area (Å²) < 4.78 is 39.0.